The highest BCUT2D eigenvalue weighted by Crippen LogP contribution is 2.10. The van der Waals surface area contributed by atoms with Gasteiger partial charge in [-0.1, -0.05) is 42.5 Å². The summed E-state index contributed by atoms with van der Waals surface area (Å²) in [6.07, 6.45) is 0. The van der Waals surface area contributed by atoms with Crippen molar-refractivity contribution in [1.29, 1.82) is 0 Å². The van der Waals surface area contributed by atoms with Crippen LogP contribution in [0.2, 0.25) is 0 Å². The maximum absolute atomic E-state index is 13.6. The van der Waals surface area contributed by atoms with Crippen molar-refractivity contribution in [3.05, 3.63) is 97.9 Å². The number of halogens is 1. The normalized spacial score (nSPS) is 10.5. The number of rotatable bonds is 8. The predicted molar refractivity (Wildman–Crippen MR) is 120 cm³/mol. The number of nitrogens with two attached hydrogens (primary N) is 1. The van der Waals surface area contributed by atoms with Gasteiger partial charge in [-0.15, -0.1) is 0 Å². The molecule has 0 fully saturated rings. The van der Waals surface area contributed by atoms with E-state index < -0.39 is 53.4 Å². The number of carbonyl (C=O) groups is 3. The Morgan fingerprint density at radius 2 is 1.68 bits per heavy atom. The third-order valence-electron chi connectivity index (χ3n) is 4.92. The molecule has 34 heavy (non-hydrogen) atoms. The van der Waals surface area contributed by atoms with E-state index in [9.17, 15) is 28.4 Å². The van der Waals surface area contributed by atoms with Crippen molar-refractivity contribution in [2.45, 2.75) is 6.54 Å². The van der Waals surface area contributed by atoms with Crippen LogP contribution in [0.4, 0.5) is 10.2 Å². The quantitative estimate of drug-likeness (QED) is 0.361. The van der Waals surface area contributed by atoms with E-state index in [1.54, 1.807) is 30.3 Å². The summed E-state index contributed by atoms with van der Waals surface area (Å²) in [5, 5.41) is 2.18. The van der Waals surface area contributed by atoms with E-state index in [2.05, 4.69) is 5.32 Å². The number of ether oxygens (including phenoxy) is 1. The molecule has 10 nitrogen and oxygen atoms in total. The number of nitrogens with one attached hydrogen (secondary N) is 1. The van der Waals surface area contributed by atoms with Crippen LogP contribution < -0.4 is 22.3 Å². The number of aromatic nitrogens is 2. The van der Waals surface area contributed by atoms with Gasteiger partial charge in [0.25, 0.3) is 11.5 Å². The first-order chi connectivity index (χ1) is 16.2. The van der Waals surface area contributed by atoms with E-state index in [4.69, 9.17) is 10.5 Å². The Morgan fingerprint density at radius 3 is 2.35 bits per heavy atom. The molecular formula is C23H21FN4O6. The van der Waals surface area contributed by atoms with Crippen LogP contribution in [0.5, 0.6) is 0 Å². The number of nitrogen functional groups attached to an aromatic ring is 1. The molecule has 0 atom stereocenters. The van der Waals surface area contributed by atoms with Crippen molar-refractivity contribution in [2.24, 2.45) is 7.05 Å². The Bertz CT molecular complexity index is 1360. The molecule has 1 heterocycles. The van der Waals surface area contributed by atoms with Gasteiger partial charge in [0.2, 0.25) is 5.78 Å². The van der Waals surface area contributed by atoms with E-state index >= 15 is 0 Å². The molecule has 3 aromatic rings. The summed E-state index contributed by atoms with van der Waals surface area (Å²) in [5.74, 6) is -3.88. The standard InChI is InChI=1S/C23H21FN4O6/c1-27-22(32)19(20(25)28(23(27)33)12-14-7-3-2-4-8-14)17(29)13-34-18(30)11-26-21(31)15-9-5-6-10-16(15)24/h2-10H,11-13,25H2,1H3,(H,26,31). The van der Waals surface area contributed by atoms with Crippen molar-refractivity contribution in [2.75, 3.05) is 18.9 Å². The Morgan fingerprint density at radius 1 is 1.03 bits per heavy atom. The smallest absolute Gasteiger partial charge is 0.332 e. The molecular weight excluding hydrogens is 447 g/mol. The van der Waals surface area contributed by atoms with Crippen LogP contribution >= 0.6 is 0 Å². The maximum atomic E-state index is 13.6. The SMILES string of the molecule is Cn1c(=O)c(C(=O)COC(=O)CNC(=O)c2ccccc2F)c(N)n(Cc2ccccc2)c1=O. The van der Waals surface area contributed by atoms with Gasteiger partial charge in [0.15, 0.2) is 6.61 Å². The predicted octanol–water partition coefficient (Wildman–Crippen LogP) is 0.473. The minimum atomic E-state index is -0.994. The van der Waals surface area contributed by atoms with Crippen LogP contribution in [0.25, 0.3) is 0 Å². The van der Waals surface area contributed by atoms with Crippen LogP contribution in [0.15, 0.2) is 64.2 Å². The second-order valence-corrected chi connectivity index (χ2v) is 7.23. The maximum Gasteiger partial charge on any atom is 0.332 e. The fourth-order valence-corrected chi connectivity index (χ4v) is 3.13. The lowest BCUT2D eigenvalue weighted by Gasteiger charge is -2.15. The topological polar surface area (TPSA) is 142 Å². The van der Waals surface area contributed by atoms with E-state index in [1.807, 2.05) is 0 Å². The summed E-state index contributed by atoms with van der Waals surface area (Å²) in [5.41, 5.74) is 4.29. The Kier molecular flexibility index (Phi) is 7.36. The summed E-state index contributed by atoms with van der Waals surface area (Å²) in [4.78, 5) is 61.6. The molecule has 0 radical (unpaired) electrons. The zero-order valence-corrected chi connectivity index (χ0v) is 18.1. The molecule has 1 aromatic heterocycles. The lowest BCUT2D eigenvalue weighted by molar-refractivity contribution is -0.141. The summed E-state index contributed by atoms with van der Waals surface area (Å²) in [6.45, 7) is -1.47. The van der Waals surface area contributed by atoms with Gasteiger partial charge >= 0.3 is 11.7 Å². The van der Waals surface area contributed by atoms with Crippen LogP contribution in [0.3, 0.4) is 0 Å². The van der Waals surface area contributed by atoms with E-state index in [0.29, 0.717) is 5.56 Å². The van der Waals surface area contributed by atoms with Crippen molar-refractivity contribution in [3.8, 4) is 0 Å². The number of benzene rings is 2. The van der Waals surface area contributed by atoms with Crippen molar-refractivity contribution in [1.82, 2.24) is 14.5 Å². The highest BCUT2D eigenvalue weighted by Gasteiger charge is 2.23. The molecule has 0 bridgehead atoms. The van der Waals surface area contributed by atoms with Crippen molar-refractivity contribution >= 4 is 23.5 Å². The second kappa shape index (κ2) is 10.4. The number of hydrogen-bond acceptors (Lipinski definition) is 7. The van der Waals surface area contributed by atoms with Gasteiger partial charge in [-0.2, -0.15) is 0 Å². The summed E-state index contributed by atoms with van der Waals surface area (Å²) in [6, 6.07) is 14.0. The average Bonchev–Trinajstić information content (AvgIpc) is 2.83. The molecule has 0 aliphatic heterocycles. The van der Waals surface area contributed by atoms with Crippen LogP contribution in [-0.4, -0.2) is 39.9 Å². The van der Waals surface area contributed by atoms with Gasteiger partial charge < -0.3 is 15.8 Å². The van der Waals surface area contributed by atoms with Crippen molar-refractivity contribution < 1.29 is 23.5 Å². The van der Waals surface area contributed by atoms with Gasteiger partial charge in [0.05, 0.1) is 12.1 Å². The molecule has 3 N–H and O–H groups in total. The summed E-state index contributed by atoms with van der Waals surface area (Å²) in [7, 11) is 1.20. The molecule has 11 heteroatoms. The van der Waals surface area contributed by atoms with E-state index in [1.165, 1.54) is 25.2 Å². The lowest BCUT2D eigenvalue weighted by Crippen LogP contribution is -2.43. The van der Waals surface area contributed by atoms with E-state index in [0.717, 1.165) is 15.2 Å². The number of ketones is 1. The van der Waals surface area contributed by atoms with Gasteiger partial charge in [-0.05, 0) is 17.7 Å². The monoisotopic (exact) mass is 468 g/mol. The molecule has 176 valence electrons. The Labute approximate surface area is 192 Å². The van der Waals surface area contributed by atoms with Gasteiger partial charge in [0.1, 0.15) is 23.7 Å². The largest absolute Gasteiger partial charge is 0.456 e. The first-order valence-corrected chi connectivity index (χ1v) is 10.1. The fourth-order valence-electron chi connectivity index (χ4n) is 3.13. The highest BCUT2D eigenvalue weighted by molar-refractivity contribution is 6.01. The zero-order chi connectivity index (χ0) is 24.8. The summed E-state index contributed by atoms with van der Waals surface area (Å²) < 4.78 is 20.3. The number of amides is 1. The third kappa shape index (κ3) is 5.26. The Hall–Kier alpha value is -4.54. The molecule has 2 aromatic carbocycles. The van der Waals surface area contributed by atoms with Crippen LogP contribution in [0, 0.1) is 5.82 Å². The summed E-state index contributed by atoms with van der Waals surface area (Å²) >= 11 is 0. The molecule has 3 rings (SSSR count). The highest BCUT2D eigenvalue weighted by atomic mass is 19.1. The van der Waals surface area contributed by atoms with Crippen LogP contribution in [0.1, 0.15) is 26.3 Å². The minimum absolute atomic E-state index is 0.0156. The third-order valence-corrected chi connectivity index (χ3v) is 4.92. The molecule has 0 aliphatic rings. The van der Waals surface area contributed by atoms with Gasteiger partial charge in [0, 0.05) is 7.05 Å². The minimum Gasteiger partial charge on any atom is -0.456 e. The molecule has 0 saturated carbocycles. The molecule has 0 unspecified atom stereocenters. The van der Waals surface area contributed by atoms with Gasteiger partial charge in [-0.3, -0.25) is 28.3 Å². The zero-order valence-electron chi connectivity index (χ0n) is 18.1. The average molecular weight is 468 g/mol. The van der Waals surface area contributed by atoms with Crippen molar-refractivity contribution in [3.63, 3.8) is 0 Å². The number of carbonyl (C=O) groups excluding carboxylic acids is 3. The van der Waals surface area contributed by atoms with Gasteiger partial charge in [-0.25, -0.2) is 9.18 Å². The number of hydrogen-bond donors (Lipinski definition) is 2. The molecule has 1 amide bonds. The number of Topliss-reactive ketones (excluding diaryl/α,β-unsaturated/α-hetero) is 1. The molecule has 0 spiro atoms. The second-order valence-electron chi connectivity index (χ2n) is 7.23. The first-order valence-electron chi connectivity index (χ1n) is 10.1. The number of esters is 1. The molecule has 0 saturated heterocycles. The fraction of sp³-hybridized carbons (Fsp3) is 0.174. The Balaban J connectivity index is 1.70. The van der Waals surface area contributed by atoms with Crippen LogP contribution in [-0.2, 0) is 23.1 Å². The number of nitrogens with zero attached hydrogens (tertiary/aromatic N) is 2. The first kappa shape index (κ1) is 24.1. The lowest BCUT2D eigenvalue weighted by atomic mass is 10.2. The molecule has 0 aliphatic carbocycles. The van der Waals surface area contributed by atoms with E-state index in [-0.39, 0.29) is 17.9 Å². The number of anilines is 1.